The van der Waals surface area contributed by atoms with Crippen LogP contribution in [-0.4, -0.2) is 19.1 Å². The summed E-state index contributed by atoms with van der Waals surface area (Å²) in [7, 11) is 0. The number of halogens is 3. The predicted octanol–water partition coefficient (Wildman–Crippen LogP) is 5.16. The van der Waals surface area contributed by atoms with E-state index in [0.717, 1.165) is 11.1 Å². The fraction of sp³-hybridized carbons (Fsp3) is 0.167. The van der Waals surface area contributed by atoms with Crippen molar-refractivity contribution in [2.45, 2.75) is 6.92 Å². The fourth-order valence-corrected chi connectivity index (χ4v) is 2.51. The maximum Gasteiger partial charge on any atom is 0.244 e. The first kappa shape index (κ1) is 18.7. The van der Waals surface area contributed by atoms with Crippen molar-refractivity contribution >= 4 is 46.8 Å². The highest BCUT2D eigenvalue weighted by atomic mass is 35.5. The molecule has 0 radical (unpaired) electrons. The molecule has 2 rings (SSSR count). The van der Waals surface area contributed by atoms with E-state index in [4.69, 9.17) is 39.5 Å². The number of hydrogen-bond donors (Lipinski definition) is 1. The van der Waals surface area contributed by atoms with E-state index in [1.807, 2.05) is 19.1 Å². The highest BCUT2D eigenvalue weighted by molar-refractivity contribution is 6.35. The molecule has 0 saturated carbocycles. The van der Waals surface area contributed by atoms with Crippen molar-refractivity contribution in [3.63, 3.8) is 0 Å². The van der Waals surface area contributed by atoms with Crippen LogP contribution in [-0.2, 0) is 4.79 Å². The molecule has 24 heavy (non-hydrogen) atoms. The lowest BCUT2D eigenvalue weighted by atomic mass is 10.2. The van der Waals surface area contributed by atoms with E-state index < -0.39 is 0 Å². The Balaban J connectivity index is 1.76. The summed E-state index contributed by atoms with van der Waals surface area (Å²) in [6.45, 7) is 2.65. The minimum absolute atomic E-state index is 0.230. The van der Waals surface area contributed by atoms with Crippen LogP contribution in [0, 0.1) is 6.92 Å². The van der Waals surface area contributed by atoms with Crippen molar-refractivity contribution in [3.8, 4) is 5.75 Å². The van der Waals surface area contributed by atoms with Gasteiger partial charge in [0.1, 0.15) is 12.4 Å². The van der Waals surface area contributed by atoms with Gasteiger partial charge < -0.3 is 10.1 Å². The van der Waals surface area contributed by atoms with E-state index >= 15 is 0 Å². The number of aryl methyl sites for hydroxylation is 1. The largest absolute Gasteiger partial charge is 0.492 e. The number of hydrogen-bond acceptors (Lipinski definition) is 2. The van der Waals surface area contributed by atoms with Gasteiger partial charge in [0.15, 0.2) is 0 Å². The Hall–Kier alpha value is -1.68. The van der Waals surface area contributed by atoms with Gasteiger partial charge in [-0.05, 0) is 48.4 Å². The molecule has 3 nitrogen and oxygen atoms in total. The summed E-state index contributed by atoms with van der Waals surface area (Å²) < 4.78 is 5.53. The second-order valence-corrected chi connectivity index (χ2v) is 6.30. The zero-order valence-electron chi connectivity index (χ0n) is 13.0. The first-order valence-corrected chi connectivity index (χ1v) is 8.39. The van der Waals surface area contributed by atoms with Crippen LogP contribution in [0.2, 0.25) is 15.1 Å². The van der Waals surface area contributed by atoms with E-state index in [1.165, 1.54) is 6.08 Å². The van der Waals surface area contributed by atoms with Crippen molar-refractivity contribution < 1.29 is 9.53 Å². The van der Waals surface area contributed by atoms with E-state index in [9.17, 15) is 4.79 Å². The SMILES string of the molecule is Cc1ccc(OCCNC(=O)/C=C/c2ccc(Cl)cc2Cl)cc1Cl. The summed E-state index contributed by atoms with van der Waals surface area (Å²) in [5.74, 6) is 0.440. The van der Waals surface area contributed by atoms with Crippen LogP contribution in [0.3, 0.4) is 0 Å². The Bertz CT molecular complexity index is 760. The van der Waals surface area contributed by atoms with Gasteiger partial charge in [-0.15, -0.1) is 0 Å². The Kier molecular flexibility index (Phi) is 6.98. The lowest BCUT2D eigenvalue weighted by Crippen LogP contribution is -2.26. The van der Waals surface area contributed by atoms with Gasteiger partial charge >= 0.3 is 0 Å². The van der Waals surface area contributed by atoms with Crippen molar-refractivity contribution in [3.05, 3.63) is 68.7 Å². The molecule has 0 fully saturated rings. The molecule has 0 atom stereocenters. The zero-order valence-corrected chi connectivity index (χ0v) is 15.3. The van der Waals surface area contributed by atoms with Gasteiger partial charge in [-0.1, -0.05) is 46.9 Å². The molecular weight excluding hydrogens is 369 g/mol. The summed E-state index contributed by atoms with van der Waals surface area (Å²) in [5.41, 5.74) is 1.71. The molecule has 0 unspecified atom stereocenters. The molecule has 0 aliphatic carbocycles. The summed E-state index contributed by atoms with van der Waals surface area (Å²) in [4.78, 5) is 11.8. The van der Waals surface area contributed by atoms with E-state index in [-0.39, 0.29) is 5.91 Å². The normalized spacial score (nSPS) is 10.8. The van der Waals surface area contributed by atoms with Crippen LogP contribution in [0.4, 0.5) is 0 Å². The van der Waals surface area contributed by atoms with E-state index in [2.05, 4.69) is 5.32 Å². The van der Waals surface area contributed by atoms with Crippen molar-refractivity contribution in [1.82, 2.24) is 5.32 Å². The van der Waals surface area contributed by atoms with Gasteiger partial charge in [0.05, 0.1) is 6.54 Å². The van der Waals surface area contributed by atoms with E-state index in [0.29, 0.717) is 34.0 Å². The van der Waals surface area contributed by atoms with Gasteiger partial charge in [-0.25, -0.2) is 0 Å². The average molecular weight is 385 g/mol. The first-order chi connectivity index (χ1) is 11.5. The number of rotatable bonds is 6. The van der Waals surface area contributed by atoms with Gasteiger partial charge in [-0.3, -0.25) is 4.79 Å². The molecule has 1 amide bonds. The number of ether oxygens (including phenoxy) is 1. The second kappa shape index (κ2) is 8.97. The predicted molar refractivity (Wildman–Crippen MR) is 100 cm³/mol. The first-order valence-electron chi connectivity index (χ1n) is 7.25. The molecule has 0 aliphatic heterocycles. The summed E-state index contributed by atoms with van der Waals surface area (Å²) >= 11 is 17.9. The van der Waals surface area contributed by atoms with Crippen LogP contribution < -0.4 is 10.1 Å². The van der Waals surface area contributed by atoms with Crippen LogP contribution in [0.15, 0.2) is 42.5 Å². The topological polar surface area (TPSA) is 38.3 Å². The maximum absolute atomic E-state index is 11.8. The number of benzene rings is 2. The van der Waals surface area contributed by atoms with Crippen molar-refractivity contribution in [2.24, 2.45) is 0 Å². The zero-order chi connectivity index (χ0) is 17.5. The molecule has 0 spiro atoms. The third kappa shape index (κ3) is 5.75. The van der Waals surface area contributed by atoms with Crippen molar-refractivity contribution in [2.75, 3.05) is 13.2 Å². The summed E-state index contributed by atoms with van der Waals surface area (Å²) in [6, 6.07) is 10.6. The molecule has 0 heterocycles. The van der Waals surface area contributed by atoms with E-state index in [1.54, 1.807) is 30.3 Å². The second-order valence-electron chi connectivity index (χ2n) is 5.05. The molecule has 0 saturated heterocycles. The molecule has 0 aliphatic rings. The molecule has 0 bridgehead atoms. The number of amides is 1. The highest BCUT2D eigenvalue weighted by Crippen LogP contribution is 2.22. The third-order valence-corrected chi connectivity index (χ3v) is 4.16. The molecule has 126 valence electrons. The highest BCUT2D eigenvalue weighted by Gasteiger charge is 2.01. The Morgan fingerprint density at radius 1 is 1.12 bits per heavy atom. The molecule has 2 aromatic rings. The number of carbonyl (C=O) groups excluding carboxylic acids is 1. The summed E-state index contributed by atoms with van der Waals surface area (Å²) in [5, 5.41) is 4.42. The smallest absolute Gasteiger partial charge is 0.244 e. The lowest BCUT2D eigenvalue weighted by Gasteiger charge is -2.08. The monoisotopic (exact) mass is 383 g/mol. The van der Waals surface area contributed by atoms with Crippen LogP contribution in [0.1, 0.15) is 11.1 Å². The number of nitrogens with one attached hydrogen (secondary N) is 1. The van der Waals surface area contributed by atoms with Crippen LogP contribution in [0.5, 0.6) is 5.75 Å². The van der Waals surface area contributed by atoms with Gasteiger partial charge in [0, 0.05) is 21.1 Å². The van der Waals surface area contributed by atoms with Gasteiger partial charge in [-0.2, -0.15) is 0 Å². The third-order valence-electron chi connectivity index (χ3n) is 3.19. The molecule has 0 aromatic heterocycles. The van der Waals surface area contributed by atoms with Crippen LogP contribution >= 0.6 is 34.8 Å². The molecule has 1 N–H and O–H groups in total. The Morgan fingerprint density at radius 3 is 2.62 bits per heavy atom. The Labute approximate surface area is 156 Å². The fourth-order valence-electron chi connectivity index (χ4n) is 1.87. The standard InChI is InChI=1S/C18H16Cl3NO2/c1-12-2-6-15(11-16(12)20)24-9-8-22-18(23)7-4-13-3-5-14(19)10-17(13)21/h2-7,10-11H,8-9H2,1H3,(H,22,23)/b7-4+. The lowest BCUT2D eigenvalue weighted by molar-refractivity contribution is -0.116. The number of carbonyl (C=O) groups is 1. The quantitative estimate of drug-likeness (QED) is 0.551. The minimum atomic E-state index is -0.230. The Morgan fingerprint density at radius 2 is 1.92 bits per heavy atom. The maximum atomic E-state index is 11.8. The van der Waals surface area contributed by atoms with Gasteiger partial charge in [0.25, 0.3) is 0 Å². The molecule has 2 aromatic carbocycles. The molecular formula is C18H16Cl3NO2. The van der Waals surface area contributed by atoms with Crippen LogP contribution in [0.25, 0.3) is 6.08 Å². The average Bonchev–Trinajstić information content (AvgIpc) is 2.54. The minimum Gasteiger partial charge on any atom is -0.492 e. The van der Waals surface area contributed by atoms with Gasteiger partial charge in [0.2, 0.25) is 5.91 Å². The molecule has 6 heteroatoms. The summed E-state index contributed by atoms with van der Waals surface area (Å²) in [6.07, 6.45) is 3.05. The van der Waals surface area contributed by atoms with Crippen molar-refractivity contribution in [1.29, 1.82) is 0 Å².